The molecule has 0 saturated carbocycles. The molecule has 0 bridgehead atoms. The van der Waals surface area contributed by atoms with Crippen molar-refractivity contribution in [3.63, 3.8) is 0 Å². The van der Waals surface area contributed by atoms with E-state index in [0.717, 1.165) is 0 Å². The third kappa shape index (κ3) is 10.4. The van der Waals surface area contributed by atoms with Crippen LogP contribution in [0.5, 0.6) is 0 Å². The van der Waals surface area contributed by atoms with Crippen LogP contribution in [0, 0.1) is 0 Å². The van der Waals surface area contributed by atoms with Crippen LogP contribution in [0.15, 0.2) is 0 Å². The van der Waals surface area contributed by atoms with Crippen LogP contribution in [0.25, 0.3) is 0 Å². The molecule has 0 radical (unpaired) electrons. The van der Waals surface area contributed by atoms with E-state index < -0.39 is 0 Å². The molecular weight excluding hydrogens is 155 g/mol. The second kappa shape index (κ2) is 6.90. The third-order valence-corrected chi connectivity index (χ3v) is 2.37. The minimum atomic E-state index is -0.285. The van der Waals surface area contributed by atoms with Gasteiger partial charge in [-0.15, -0.1) is 0 Å². The summed E-state index contributed by atoms with van der Waals surface area (Å²) in [6.07, 6.45) is 2.73. The summed E-state index contributed by atoms with van der Waals surface area (Å²) < 4.78 is 0. The Hall–Kier alpha value is 0.517. The van der Waals surface area contributed by atoms with Crippen molar-refractivity contribution in [3.05, 3.63) is 0 Å². The van der Waals surface area contributed by atoms with Gasteiger partial charge in [-0.3, -0.25) is 0 Å². The summed E-state index contributed by atoms with van der Waals surface area (Å²) in [5, 5.41) is 1.34. The van der Waals surface area contributed by atoms with Crippen LogP contribution in [0.2, 0.25) is 5.09 Å². The Bertz CT molecular complexity index is 97.1. The van der Waals surface area contributed by atoms with Gasteiger partial charge in [0.2, 0.25) is 0 Å². The van der Waals surface area contributed by atoms with E-state index >= 15 is 0 Å². The van der Waals surface area contributed by atoms with E-state index in [1.165, 1.54) is 17.9 Å². The van der Waals surface area contributed by atoms with E-state index in [9.17, 15) is 0 Å². The molecule has 0 aromatic carbocycles. The van der Waals surface area contributed by atoms with Gasteiger partial charge >= 0.3 is 42.6 Å². The molecule has 0 heterocycles. The number of unbranched alkanes of at least 4 members (excludes halogenated alkanes) is 1. The molecule has 0 saturated heterocycles. The first-order valence-electron chi connectivity index (χ1n) is 5.24. The average molecular weight is 180 g/mol. The Morgan fingerprint density at radius 3 is 1.31 bits per heavy atom. The molecule has 0 atom stereocenters. The van der Waals surface area contributed by atoms with E-state index in [1.807, 2.05) is 27.7 Å². The van der Waals surface area contributed by atoms with Gasteiger partial charge in [0.15, 0.2) is 0 Å². The van der Waals surface area contributed by atoms with Crippen LogP contribution in [0.3, 0.4) is 0 Å². The van der Waals surface area contributed by atoms with Gasteiger partial charge in [-0.2, -0.15) is 0 Å². The normalized spacial score (nSPS) is 12.1. The van der Waals surface area contributed by atoms with E-state index in [-0.39, 0.29) is 11.1 Å². The molecule has 0 amide bonds. The zero-order valence-corrected chi connectivity index (χ0v) is 10.3. The molecule has 0 aliphatic carbocycles. The van der Waals surface area contributed by atoms with Crippen molar-refractivity contribution in [3.8, 4) is 0 Å². The summed E-state index contributed by atoms with van der Waals surface area (Å²) in [6.45, 7) is 9.91. The number of rotatable bonds is 3. The molecule has 4 N–H and O–H groups in total. The Morgan fingerprint density at radius 2 is 1.31 bits per heavy atom. The molecule has 0 rings (SSSR count). The van der Waals surface area contributed by atoms with Crippen LogP contribution in [0.4, 0.5) is 0 Å². The van der Waals surface area contributed by atoms with E-state index in [1.54, 1.807) is 0 Å². The topological polar surface area (TPSA) is 52.0 Å². The SMILES string of the molecule is CC(C)(N)C(C)(C)N.[Li][CH2]CCC. The third-order valence-electron chi connectivity index (χ3n) is 2.37. The van der Waals surface area contributed by atoms with E-state index in [4.69, 9.17) is 11.5 Å². The van der Waals surface area contributed by atoms with Gasteiger partial charge in [0.25, 0.3) is 0 Å². The van der Waals surface area contributed by atoms with Crippen molar-refractivity contribution >= 4 is 17.7 Å². The zero-order chi connectivity index (χ0) is 11.1. The van der Waals surface area contributed by atoms with Crippen molar-refractivity contribution in [2.75, 3.05) is 0 Å². The maximum absolute atomic E-state index is 5.69. The van der Waals surface area contributed by atoms with Crippen molar-refractivity contribution in [1.82, 2.24) is 0 Å². The first-order chi connectivity index (χ1) is 5.66. The summed E-state index contributed by atoms with van der Waals surface area (Å²) in [5.41, 5.74) is 10.8. The molecule has 2 nitrogen and oxygen atoms in total. The fraction of sp³-hybridized carbons (Fsp3) is 1.00. The molecule has 13 heavy (non-hydrogen) atoms. The van der Waals surface area contributed by atoms with Crippen molar-refractivity contribution in [2.45, 2.75) is 63.6 Å². The molecule has 0 fully saturated rings. The summed E-state index contributed by atoms with van der Waals surface area (Å²) in [5.74, 6) is 0. The monoisotopic (exact) mass is 180 g/mol. The molecular formula is C10H25LiN2. The van der Waals surface area contributed by atoms with Crippen LogP contribution < -0.4 is 11.5 Å². The van der Waals surface area contributed by atoms with Crippen LogP contribution >= 0.6 is 0 Å². The quantitative estimate of drug-likeness (QED) is 0.651. The Kier molecular flexibility index (Phi) is 8.47. The predicted molar refractivity (Wildman–Crippen MR) is 62.0 cm³/mol. The fourth-order valence-corrected chi connectivity index (χ4v) is 0.354. The molecule has 0 spiro atoms. The van der Waals surface area contributed by atoms with Gasteiger partial charge in [-0.05, 0) is 27.7 Å². The average Bonchev–Trinajstić information content (AvgIpc) is 1.85. The first kappa shape index (κ1) is 16.0. The van der Waals surface area contributed by atoms with Crippen LogP contribution in [0.1, 0.15) is 47.5 Å². The summed E-state index contributed by atoms with van der Waals surface area (Å²) >= 11 is 2.21. The number of nitrogens with two attached hydrogens (primary N) is 2. The summed E-state index contributed by atoms with van der Waals surface area (Å²) in [7, 11) is 0. The van der Waals surface area contributed by atoms with Gasteiger partial charge in [-0.25, -0.2) is 0 Å². The second-order valence-corrected chi connectivity index (χ2v) is 4.80. The van der Waals surface area contributed by atoms with Gasteiger partial charge in [0.05, 0.1) is 0 Å². The fourth-order valence-electron chi connectivity index (χ4n) is 0.354. The minimum absolute atomic E-state index is 0.285. The van der Waals surface area contributed by atoms with Crippen molar-refractivity contribution in [2.24, 2.45) is 11.5 Å². The Morgan fingerprint density at radius 1 is 1.00 bits per heavy atom. The predicted octanol–water partition coefficient (Wildman–Crippen LogP) is 1.83. The van der Waals surface area contributed by atoms with Gasteiger partial charge in [-0.1, -0.05) is 0 Å². The number of hydrogen-bond donors (Lipinski definition) is 2. The Labute approximate surface area is 93.0 Å². The molecule has 0 unspecified atom stereocenters. The van der Waals surface area contributed by atoms with Crippen molar-refractivity contribution in [1.29, 1.82) is 0 Å². The van der Waals surface area contributed by atoms with E-state index in [0.29, 0.717) is 0 Å². The molecule has 0 aliphatic heterocycles. The summed E-state index contributed by atoms with van der Waals surface area (Å²) in [6, 6.07) is 0. The van der Waals surface area contributed by atoms with Gasteiger partial charge in [0.1, 0.15) is 0 Å². The maximum atomic E-state index is 5.69. The van der Waals surface area contributed by atoms with E-state index in [2.05, 4.69) is 24.6 Å². The van der Waals surface area contributed by atoms with Crippen LogP contribution in [-0.4, -0.2) is 28.8 Å². The molecule has 0 aliphatic rings. The second-order valence-electron chi connectivity index (χ2n) is 4.80. The Balaban J connectivity index is 0. The molecule has 0 aromatic heterocycles. The van der Waals surface area contributed by atoms with Gasteiger partial charge < -0.3 is 11.5 Å². The standard InChI is InChI=1S/C6H16N2.C4H9.Li/c1-5(2,7)6(3,4)8;1-3-4-2;/h7-8H2,1-4H3;1,3-4H2,2H3;. The molecule has 76 valence electrons. The van der Waals surface area contributed by atoms with Crippen LogP contribution in [-0.2, 0) is 0 Å². The molecule has 0 aromatic rings. The zero-order valence-electron chi connectivity index (χ0n) is 10.3. The molecule has 3 heteroatoms. The van der Waals surface area contributed by atoms with Gasteiger partial charge in [0, 0.05) is 11.1 Å². The number of hydrogen-bond acceptors (Lipinski definition) is 2. The summed E-state index contributed by atoms with van der Waals surface area (Å²) in [4.78, 5) is 0. The van der Waals surface area contributed by atoms with Crippen molar-refractivity contribution < 1.29 is 0 Å². The first-order valence-corrected chi connectivity index (χ1v) is 5.24.